The summed E-state index contributed by atoms with van der Waals surface area (Å²) in [6, 6.07) is 1.01. The van der Waals surface area contributed by atoms with E-state index in [0.717, 1.165) is 64.7 Å². The molecule has 2 amide bonds. The quantitative estimate of drug-likeness (QED) is 0.836. The van der Waals surface area contributed by atoms with E-state index in [9.17, 15) is 9.59 Å². The average Bonchev–Trinajstić information content (AvgIpc) is 3.38. The third-order valence-corrected chi connectivity index (χ3v) is 5.66. The maximum atomic E-state index is 12.3. The van der Waals surface area contributed by atoms with Crippen molar-refractivity contribution >= 4 is 11.8 Å². The van der Waals surface area contributed by atoms with Gasteiger partial charge in [-0.3, -0.25) is 14.5 Å². The van der Waals surface area contributed by atoms with Gasteiger partial charge in [0.2, 0.25) is 11.8 Å². The highest BCUT2D eigenvalue weighted by molar-refractivity contribution is 5.79. The Labute approximate surface area is 146 Å². The van der Waals surface area contributed by atoms with E-state index in [2.05, 4.69) is 24.1 Å². The predicted octanol–water partition coefficient (Wildman–Crippen LogP) is 2.01. The van der Waals surface area contributed by atoms with Crippen molar-refractivity contribution in [2.24, 2.45) is 11.8 Å². The average molecular weight is 335 g/mol. The minimum Gasteiger partial charge on any atom is -0.353 e. The summed E-state index contributed by atoms with van der Waals surface area (Å²) in [7, 11) is 0. The molecule has 1 atom stereocenters. The fourth-order valence-electron chi connectivity index (χ4n) is 4.06. The van der Waals surface area contributed by atoms with Crippen molar-refractivity contribution in [1.29, 1.82) is 0 Å². The fraction of sp³-hybridized carbons (Fsp3) is 0.895. The Balaban J connectivity index is 1.45. The van der Waals surface area contributed by atoms with Crippen LogP contribution in [0.3, 0.4) is 0 Å². The largest absolute Gasteiger partial charge is 0.353 e. The van der Waals surface area contributed by atoms with E-state index in [0.29, 0.717) is 30.3 Å². The summed E-state index contributed by atoms with van der Waals surface area (Å²) in [5, 5.41) is 3.17. The minimum absolute atomic E-state index is 0.167. The molecule has 3 fully saturated rings. The van der Waals surface area contributed by atoms with E-state index in [1.165, 1.54) is 0 Å². The summed E-state index contributed by atoms with van der Waals surface area (Å²) in [5.74, 6) is 1.18. The molecule has 2 aliphatic heterocycles. The summed E-state index contributed by atoms with van der Waals surface area (Å²) in [5.41, 5.74) is 0. The first kappa shape index (κ1) is 17.7. The molecule has 1 N–H and O–H groups in total. The van der Waals surface area contributed by atoms with E-state index < -0.39 is 0 Å². The van der Waals surface area contributed by atoms with Gasteiger partial charge in [0.05, 0.1) is 5.92 Å². The summed E-state index contributed by atoms with van der Waals surface area (Å²) in [6.07, 6.45) is 7.24. The van der Waals surface area contributed by atoms with Crippen molar-refractivity contribution in [3.05, 3.63) is 0 Å². The Kier molecular flexibility index (Phi) is 5.80. The zero-order valence-corrected chi connectivity index (χ0v) is 15.3. The van der Waals surface area contributed by atoms with Crippen LogP contribution in [-0.4, -0.2) is 59.9 Å². The topological polar surface area (TPSA) is 52.7 Å². The Morgan fingerprint density at radius 3 is 2.38 bits per heavy atom. The van der Waals surface area contributed by atoms with Crippen LogP contribution in [0.4, 0.5) is 0 Å². The molecule has 3 rings (SSSR count). The molecule has 5 heteroatoms. The molecule has 0 radical (unpaired) electrons. The first-order chi connectivity index (χ1) is 11.5. The molecule has 2 saturated heterocycles. The van der Waals surface area contributed by atoms with Gasteiger partial charge in [0.15, 0.2) is 0 Å². The molecule has 0 spiro atoms. The van der Waals surface area contributed by atoms with Crippen LogP contribution in [0, 0.1) is 11.8 Å². The monoisotopic (exact) mass is 335 g/mol. The second-order valence-electron chi connectivity index (χ2n) is 8.33. The zero-order valence-electron chi connectivity index (χ0n) is 15.3. The van der Waals surface area contributed by atoms with Gasteiger partial charge in [-0.1, -0.05) is 13.8 Å². The number of piperidine rings is 2. The summed E-state index contributed by atoms with van der Waals surface area (Å²) in [6.45, 7) is 7.98. The van der Waals surface area contributed by atoms with E-state index in [4.69, 9.17) is 0 Å². The maximum absolute atomic E-state index is 12.3. The number of hydrogen-bond donors (Lipinski definition) is 1. The van der Waals surface area contributed by atoms with Crippen molar-refractivity contribution in [1.82, 2.24) is 15.1 Å². The van der Waals surface area contributed by atoms with Crippen molar-refractivity contribution < 1.29 is 9.59 Å². The first-order valence-electron chi connectivity index (χ1n) is 9.85. The van der Waals surface area contributed by atoms with Crippen LogP contribution < -0.4 is 5.32 Å². The van der Waals surface area contributed by atoms with Crippen molar-refractivity contribution in [3.63, 3.8) is 0 Å². The lowest BCUT2D eigenvalue weighted by atomic mass is 9.93. The lowest BCUT2D eigenvalue weighted by Crippen LogP contribution is -2.51. The Morgan fingerprint density at radius 2 is 1.75 bits per heavy atom. The summed E-state index contributed by atoms with van der Waals surface area (Å²) >= 11 is 0. The van der Waals surface area contributed by atoms with Crippen LogP contribution >= 0.6 is 0 Å². The van der Waals surface area contributed by atoms with Gasteiger partial charge >= 0.3 is 0 Å². The van der Waals surface area contributed by atoms with Crippen LogP contribution in [0.25, 0.3) is 0 Å². The second kappa shape index (κ2) is 7.85. The summed E-state index contributed by atoms with van der Waals surface area (Å²) < 4.78 is 0. The molecule has 2 heterocycles. The van der Waals surface area contributed by atoms with Gasteiger partial charge in [0.1, 0.15) is 0 Å². The van der Waals surface area contributed by atoms with Crippen LogP contribution in [0.15, 0.2) is 0 Å². The highest BCUT2D eigenvalue weighted by Crippen LogP contribution is 2.26. The molecule has 0 aromatic carbocycles. The smallest absolute Gasteiger partial charge is 0.224 e. The van der Waals surface area contributed by atoms with Gasteiger partial charge in [0, 0.05) is 38.1 Å². The molecule has 0 aromatic rings. The van der Waals surface area contributed by atoms with E-state index in [-0.39, 0.29) is 11.8 Å². The maximum Gasteiger partial charge on any atom is 0.224 e. The molecule has 0 unspecified atom stereocenters. The zero-order chi connectivity index (χ0) is 17.1. The van der Waals surface area contributed by atoms with Crippen molar-refractivity contribution in [3.8, 4) is 0 Å². The number of carbonyl (C=O) groups excluding carboxylic acids is 2. The molecule has 24 heavy (non-hydrogen) atoms. The van der Waals surface area contributed by atoms with Crippen LogP contribution in [-0.2, 0) is 9.59 Å². The van der Waals surface area contributed by atoms with Crippen molar-refractivity contribution in [2.45, 2.75) is 70.9 Å². The second-order valence-corrected chi connectivity index (χ2v) is 8.33. The molecule has 1 aliphatic carbocycles. The number of likely N-dealkylation sites (tertiary alicyclic amines) is 2. The predicted molar refractivity (Wildman–Crippen MR) is 94.5 cm³/mol. The van der Waals surface area contributed by atoms with E-state index in [1.807, 2.05) is 4.90 Å². The standard InChI is InChI=1S/C19H33N3O2/c1-14(2)12-18(23)21-10-7-17(8-11-21)22-9-3-4-15(13-22)19(24)20-16-5-6-16/h14-17H,3-13H2,1-2H3,(H,20,24)/t15-/m1/s1. The normalized spacial score (nSPS) is 26.6. The SMILES string of the molecule is CC(C)CC(=O)N1CCC(N2CCC[C@@H](C(=O)NC3CC3)C2)CC1. The molecule has 0 bridgehead atoms. The minimum atomic E-state index is 0.167. The highest BCUT2D eigenvalue weighted by atomic mass is 16.2. The third kappa shape index (κ3) is 4.71. The number of nitrogens with zero attached hydrogens (tertiary/aromatic N) is 2. The van der Waals surface area contributed by atoms with Crippen LogP contribution in [0.5, 0.6) is 0 Å². The number of amides is 2. The highest BCUT2D eigenvalue weighted by Gasteiger charge is 2.34. The molecular weight excluding hydrogens is 302 g/mol. The number of hydrogen-bond acceptors (Lipinski definition) is 3. The number of rotatable bonds is 5. The van der Waals surface area contributed by atoms with Gasteiger partial charge in [-0.25, -0.2) is 0 Å². The van der Waals surface area contributed by atoms with Gasteiger partial charge in [-0.05, 0) is 51.0 Å². The van der Waals surface area contributed by atoms with Gasteiger partial charge in [-0.2, -0.15) is 0 Å². The lowest BCUT2D eigenvalue weighted by molar-refractivity contribution is -0.133. The Morgan fingerprint density at radius 1 is 1.04 bits per heavy atom. The molecule has 5 nitrogen and oxygen atoms in total. The van der Waals surface area contributed by atoms with Gasteiger partial charge < -0.3 is 10.2 Å². The van der Waals surface area contributed by atoms with Gasteiger partial charge in [-0.15, -0.1) is 0 Å². The van der Waals surface area contributed by atoms with Crippen LogP contribution in [0.1, 0.15) is 58.8 Å². The lowest BCUT2D eigenvalue weighted by Gasteiger charge is -2.42. The number of carbonyl (C=O) groups is 2. The molecular formula is C19H33N3O2. The summed E-state index contributed by atoms with van der Waals surface area (Å²) in [4.78, 5) is 29.1. The molecule has 3 aliphatic rings. The van der Waals surface area contributed by atoms with E-state index >= 15 is 0 Å². The van der Waals surface area contributed by atoms with E-state index in [1.54, 1.807) is 0 Å². The molecule has 136 valence electrons. The Bertz CT molecular complexity index is 454. The number of nitrogens with one attached hydrogen (secondary N) is 1. The Hall–Kier alpha value is -1.10. The third-order valence-electron chi connectivity index (χ3n) is 5.66. The fourth-order valence-corrected chi connectivity index (χ4v) is 4.06. The molecule has 0 aromatic heterocycles. The first-order valence-corrected chi connectivity index (χ1v) is 9.85. The van der Waals surface area contributed by atoms with Crippen molar-refractivity contribution in [2.75, 3.05) is 26.2 Å². The van der Waals surface area contributed by atoms with Gasteiger partial charge in [0.25, 0.3) is 0 Å². The molecule has 1 saturated carbocycles. The van der Waals surface area contributed by atoms with Crippen LogP contribution in [0.2, 0.25) is 0 Å².